The molecule has 1 amide bonds. The maximum Gasteiger partial charge on any atom is 0.349 e. The Hall–Kier alpha value is -2.47. The molecule has 0 unspecified atom stereocenters. The van der Waals surface area contributed by atoms with Gasteiger partial charge < -0.3 is 10.1 Å². The Kier molecular flexibility index (Phi) is 6.89. The van der Waals surface area contributed by atoms with Crippen LogP contribution >= 0.6 is 11.3 Å². The first-order valence-electron chi connectivity index (χ1n) is 8.05. The maximum absolute atomic E-state index is 12.1. The van der Waals surface area contributed by atoms with Crippen molar-refractivity contribution in [2.24, 2.45) is 0 Å². The van der Waals surface area contributed by atoms with E-state index in [1.807, 2.05) is 30.5 Å². The Morgan fingerprint density at radius 1 is 1.12 bits per heavy atom. The molecule has 2 aromatic rings. The molecular formula is C19H21NO4S. The van der Waals surface area contributed by atoms with Gasteiger partial charge in [0.05, 0.1) is 0 Å². The topological polar surface area (TPSA) is 72.5 Å². The number of thiophene rings is 1. The van der Waals surface area contributed by atoms with Crippen LogP contribution in [-0.2, 0) is 16.0 Å². The molecule has 0 bridgehead atoms. The minimum atomic E-state index is -0.463. The number of carbonyl (C=O) groups excluding carboxylic acids is 3. The lowest BCUT2D eigenvalue weighted by Crippen LogP contribution is -2.21. The van der Waals surface area contributed by atoms with E-state index in [2.05, 4.69) is 5.32 Å². The van der Waals surface area contributed by atoms with Crippen LogP contribution < -0.4 is 5.32 Å². The summed E-state index contributed by atoms with van der Waals surface area (Å²) in [5, 5.41) is 4.57. The molecule has 0 aliphatic carbocycles. The Morgan fingerprint density at radius 3 is 2.44 bits per heavy atom. The second-order valence-corrected chi connectivity index (χ2v) is 6.63. The van der Waals surface area contributed by atoms with Gasteiger partial charge in [0.15, 0.2) is 12.4 Å². The number of Topliss-reactive ketones (excluding diaryl/α,β-unsaturated/α-hetero) is 1. The summed E-state index contributed by atoms with van der Waals surface area (Å²) >= 11 is 1.31. The van der Waals surface area contributed by atoms with E-state index in [1.165, 1.54) is 18.3 Å². The van der Waals surface area contributed by atoms with Crippen molar-refractivity contribution in [1.82, 2.24) is 5.32 Å². The third-order valence-corrected chi connectivity index (χ3v) is 4.67. The number of aryl methyl sites for hydroxylation is 2. The molecule has 0 saturated heterocycles. The first-order chi connectivity index (χ1) is 12.0. The summed E-state index contributed by atoms with van der Waals surface area (Å²) in [6, 6.07) is 9.08. The van der Waals surface area contributed by atoms with Crippen LogP contribution in [0.15, 0.2) is 35.7 Å². The molecule has 25 heavy (non-hydrogen) atoms. The van der Waals surface area contributed by atoms with Crippen molar-refractivity contribution in [1.29, 1.82) is 0 Å². The highest BCUT2D eigenvalue weighted by molar-refractivity contribution is 7.12. The van der Waals surface area contributed by atoms with Gasteiger partial charge in [0.25, 0.3) is 0 Å². The SMILES string of the molecule is CC(=O)NCCCc1ccc(C(=O)COC(=O)c2sccc2C)cc1. The number of benzene rings is 1. The maximum atomic E-state index is 12.1. The van der Waals surface area contributed by atoms with E-state index >= 15 is 0 Å². The van der Waals surface area contributed by atoms with Gasteiger partial charge in [-0.2, -0.15) is 0 Å². The van der Waals surface area contributed by atoms with E-state index in [0.717, 1.165) is 24.0 Å². The van der Waals surface area contributed by atoms with Crippen LogP contribution in [-0.4, -0.2) is 30.8 Å². The first-order valence-corrected chi connectivity index (χ1v) is 8.93. The van der Waals surface area contributed by atoms with Gasteiger partial charge in [-0.05, 0) is 42.3 Å². The molecule has 0 spiro atoms. The molecule has 6 heteroatoms. The highest BCUT2D eigenvalue weighted by atomic mass is 32.1. The molecule has 0 aliphatic rings. The molecule has 1 aromatic carbocycles. The Balaban J connectivity index is 1.81. The van der Waals surface area contributed by atoms with Gasteiger partial charge in [-0.25, -0.2) is 4.79 Å². The lowest BCUT2D eigenvalue weighted by molar-refractivity contribution is -0.118. The molecule has 0 fully saturated rings. The molecule has 1 aromatic heterocycles. The van der Waals surface area contributed by atoms with Crippen LogP contribution in [0.5, 0.6) is 0 Å². The fourth-order valence-electron chi connectivity index (χ4n) is 2.28. The third-order valence-electron chi connectivity index (χ3n) is 3.67. The monoisotopic (exact) mass is 359 g/mol. The average Bonchev–Trinajstić information content (AvgIpc) is 3.03. The van der Waals surface area contributed by atoms with Gasteiger partial charge >= 0.3 is 5.97 Å². The number of amides is 1. The van der Waals surface area contributed by atoms with E-state index in [0.29, 0.717) is 17.0 Å². The fourth-order valence-corrected chi connectivity index (χ4v) is 3.09. The second-order valence-electron chi connectivity index (χ2n) is 5.72. The third kappa shape index (κ3) is 5.83. The summed E-state index contributed by atoms with van der Waals surface area (Å²) in [4.78, 5) is 35.4. The smallest absolute Gasteiger partial charge is 0.349 e. The zero-order valence-corrected chi connectivity index (χ0v) is 15.2. The molecule has 132 valence electrons. The van der Waals surface area contributed by atoms with Gasteiger partial charge in [-0.1, -0.05) is 24.3 Å². The number of rotatable bonds is 8. The second kappa shape index (κ2) is 9.13. The summed E-state index contributed by atoms with van der Waals surface area (Å²) in [6.07, 6.45) is 1.66. The van der Waals surface area contributed by atoms with Crippen LogP contribution in [0, 0.1) is 6.92 Å². The lowest BCUT2D eigenvalue weighted by atomic mass is 10.1. The van der Waals surface area contributed by atoms with Crippen molar-refractivity contribution in [3.05, 3.63) is 57.3 Å². The van der Waals surface area contributed by atoms with Crippen molar-refractivity contribution >= 4 is 29.0 Å². The van der Waals surface area contributed by atoms with Crippen LogP contribution in [0.25, 0.3) is 0 Å². The minimum Gasteiger partial charge on any atom is -0.453 e. The van der Waals surface area contributed by atoms with Gasteiger partial charge in [0, 0.05) is 19.0 Å². The van der Waals surface area contributed by atoms with E-state index in [4.69, 9.17) is 4.74 Å². The number of nitrogens with one attached hydrogen (secondary N) is 1. The molecule has 0 aliphatic heterocycles. The van der Waals surface area contributed by atoms with E-state index in [-0.39, 0.29) is 18.3 Å². The number of carbonyl (C=O) groups is 3. The largest absolute Gasteiger partial charge is 0.453 e. The van der Waals surface area contributed by atoms with Crippen molar-refractivity contribution in [2.45, 2.75) is 26.7 Å². The van der Waals surface area contributed by atoms with Gasteiger partial charge in [0.2, 0.25) is 5.91 Å². The summed E-state index contributed by atoms with van der Waals surface area (Å²) in [5.41, 5.74) is 2.46. The highest BCUT2D eigenvalue weighted by Gasteiger charge is 2.14. The van der Waals surface area contributed by atoms with Gasteiger partial charge in [0.1, 0.15) is 4.88 Å². The predicted octanol–water partition coefficient (Wildman–Crippen LogP) is 3.16. The molecule has 0 saturated carbocycles. The van der Waals surface area contributed by atoms with Crippen LogP contribution in [0.4, 0.5) is 0 Å². The van der Waals surface area contributed by atoms with E-state index in [9.17, 15) is 14.4 Å². The van der Waals surface area contributed by atoms with Crippen molar-refractivity contribution in [3.63, 3.8) is 0 Å². The fraction of sp³-hybridized carbons (Fsp3) is 0.316. The first kappa shape index (κ1) is 18.9. The van der Waals surface area contributed by atoms with Crippen LogP contribution in [0.2, 0.25) is 0 Å². The predicted molar refractivity (Wildman–Crippen MR) is 97.1 cm³/mol. The van der Waals surface area contributed by atoms with Crippen molar-refractivity contribution < 1.29 is 19.1 Å². The number of ether oxygens (including phenoxy) is 1. The summed E-state index contributed by atoms with van der Waals surface area (Å²) in [6.45, 7) is 3.69. The van der Waals surface area contributed by atoms with Gasteiger partial charge in [-0.3, -0.25) is 9.59 Å². The zero-order valence-electron chi connectivity index (χ0n) is 14.3. The Labute approximate surface area is 151 Å². The summed E-state index contributed by atoms with van der Waals surface area (Å²) < 4.78 is 5.10. The molecule has 2 rings (SSSR count). The van der Waals surface area contributed by atoms with Crippen LogP contribution in [0.1, 0.15) is 44.5 Å². The molecule has 5 nitrogen and oxygen atoms in total. The van der Waals surface area contributed by atoms with Gasteiger partial charge in [-0.15, -0.1) is 11.3 Å². The standard InChI is InChI=1S/C19H21NO4S/c1-13-9-11-25-18(13)19(23)24-12-17(22)16-7-5-15(6-8-16)4-3-10-20-14(2)21/h5-9,11H,3-4,10,12H2,1-2H3,(H,20,21). The van der Waals surface area contributed by atoms with E-state index in [1.54, 1.807) is 12.1 Å². The normalized spacial score (nSPS) is 10.3. The zero-order chi connectivity index (χ0) is 18.2. The van der Waals surface area contributed by atoms with Crippen LogP contribution in [0.3, 0.4) is 0 Å². The minimum absolute atomic E-state index is 0.0340. The van der Waals surface area contributed by atoms with Crippen molar-refractivity contribution in [3.8, 4) is 0 Å². The number of hydrogen-bond donors (Lipinski definition) is 1. The molecular weight excluding hydrogens is 338 g/mol. The number of ketones is 1. The quantitative estimate of drug-likeness (QED) is 0.446. The van der Waals surface area contributed by atoms with Crippen molar-refractivity contribution in [2.75, 3.05) is 13.2 Å². The molecule has 1 N–H and O–H groups in total. The molecule has 1 heterocycles. The number of hydrogen-bond acceptors (Lipinski definition) is 5. The summed E-state index contributed by atoms with van der Waals surface area (Å²) in [5.74, 6) is -0.726. The Morgan fingerprint density at radius 2 is 1.84 bits per heavy atom. The Bertz CT molecular complexity index is 749. The summed E-state index contributed by atoms with van der Waals surface area (Å²) in [7, 11) is 0. The average molecular weight is 359 g/mol. The highest BCUT2D eigenvalue weighted by Crippen LogP contribution is 2.17. The molecule has 0 atom stereocenters. The number of esters is 1. The lowest BCUT2D eigenvalue weighted by Gasteiger charge is -2.06. The van der Waals surface area contributed by atoms with E-state index < -0.39 is 5.97 Å². The molecule has 0 radical (unpaired) electrons.